The summed E-state index contributed by atoms with van der Waals surface area (Å²) in [7, 11) is 0. The van der Waals surface area contributed by atoms with Gasteiger partial charge in [-0.15, -0.1) is 0 Å². The van der Waals surface area contributed by atoms with Crippen LogP contribution in [0.15, 0.2) is 43.0 Å². The Labute approximate surface area is 122 Å². The second-order valence-corrected chi connectivity index (χ2v) is 4.22. The fourth-order valence-corrected chi connectivity index (χ4v) is 1.59. The predicted molar refractivity (Wildman–Crippen MR) is 75.8 cm³/mol. The van der Waals surface area contributed by atoms with Gasteiger partial charge in [-0.05, 0) is 12.1 Å². The van der Waals surface area contributed by atoms with Gasteiger partial charge in [-0.3, -0.25) is 9.48 Å². The minimum atomic E-state index is -0.168. The van der Waals surface area contributed by atoms with Crippen LogP contribution in [0.5, 0.6) is 5.75 Å². The van der Waals surface area contributed by atoms with Crippen molar-refractivity contribution in [3.63, 3.8) is 0 Å². The third-order valence-electron chi connectivity index (χ3n) is 2.61. The molecule has 0 aliphatic heterocycles. The van der Waals surface area contributed by atoms with E-state index >= 15 is 0 Å². The van der Waals surface area contributed by atoms with Crippen molar-refractivity contribution >= 4 is 5.91 Å². The summed E-state index contributed by atoms with van der Waals surface area (Å²) in [5.74, 6) is 0.510. The van der Waals surface area contributed by atoms with Crippen molar-refractivity contribution in [2.45, 2.75) is 6.54 Å². The largest absolute Gasteiger partial charge is 0.484 e. The molecule has 0 bridgehead atoms. The number of hydrogen-bond donors (Lipinski definition) is 1. The number of aromatic nitrogens is 3. The molecule has 7 heteroatoms. The molecule has 7 nitrogen and oxygen atoms in total. The van der Waals surface area contributed by atoms with Crippen LogP contribution in [0.4, 0.5) is 0 Å². The number of nitrogens with one attached hydrogen (secondary N) is 1. The highest BCUT2D eigenvalue weighted by atomic mass is 16.5. The SMILES string of the molecule is O=C(COc1ccccc1)NCCOCCn1cncn1. The van der Waals surface area contributed by atoms with Crippen LogP contribution < -0.4 is 10.1 Å². The van der Waals surface area contributed by atoms with Crippen LogP contribution in [-0.2, 0) is 16.1 Å². The predicted octanol–water partition coefficient (Wildman–Crippen LogP) is 0.490. The van der Waals surface area contributed by atoms with Gasteiger partial charge in [0.05, 0.1) is 19.8 Å². The van der Waals surface area contributed by atoms with Crippen LogP contribution in [0.2, 0.25) is 0 Å². The Bertz CT molecular complexity index is 516. The van der Waals surface area contributed by atoms with E-state index in [1.54, 1.807) is 23.1 Å². The number of carbonyl (C=O) groups excluding carboxylic acids is 1. The first-order valence-electron chi connectivity index (χ1n) is 6.69. The second kappa shape index (κ2) is 8.70. The maximum Gasteiger partial charge on any atom is 0.258 e. The molecule has 0 spiro atoms. The smallest absolute Gasteiger partial charge is 0.258 e. The van der Waals surface area contributed by atoms with Gasteiger partial charge in [0.25, 0.3) is 5.91 Å². The van der Waals surface area contributed by atoms with Gasteiger partial charge in [-0.2, -0.15) is 5.10 Å². The van der Waals surface area contributed by atoms with E-state index < -0.39 is 0 Å². The molecule has 0 radical (unpaired) electrons. The lowest BCUT2D eigenvalue weighted by molar-refractivity contribution is -0.123. The summed E-state index contributed by atoms with van der Waals surface area (Å²) in [6, 6.07) is 9.22. The molecule has 0 unspecified atom stereocenters. The lowest BCUT2D eigenvalue weighted by Crippen LogP contribution is -2.31. The van der Waals surface area contributed by atoms with Crippen molar-refractivity contribution < 1.29 is 14.3 Å². The minimum absolute atomic E-state index is 0.00295. The molecule has 1 amide bonds. The topological polar surface area (TPSA) is 78.3 Å². The van der Waals surface area contributed by atoms with E-state index in [2.05, 4.69) is 15.4 Å². The molecule has 2 rings (SSSR count). The second-order valence-electron chi connectivity index (χ2n) is 4.22. The molecule has 1 aromatic heterocycles. The molecule has 0 saturated heterocycles. The van der Waals surface area contributed by atoms with Crippen molar-refractivity contribution in [1.82, 2.24) is 20.1 Å². The molecule has 1 heterocycles. The van der Waals surface area contributed by atoms with Crippen LogP contribution >= 0.6 is 0 Å². The maximum absolute atomic E-state index is 11.5. The van der Waals surface area contributed by atoms with Gasteiger partial charge in [0.1, 0.15) is 18.4 Å². The zero-order valence-electron chi connectivity index (χ0n) is 11.6. The molecular weight excluding hydrogens is 272 g/mol. The van der Waals surface area contributed by atoms with Crippen molar-refractivity contribution in [3.8, 4) is 5.75 Å². The molecule has 0 saturated carbocycles. The fraction of sp³-hybridized carbons (Fsp3) is 0.357. The maximum atomic E-state index is 11.5. The lowest BCUT2D eigenvalue weighted by Gasteiger charge is -2.08. The average molecular weight is 290 g/mol. The third kappa shape index (κ3) is 6.05. The third-order valence-corrected chi connectivity index (χ3v) is 2.61. The Balaban J connectivity index is 1.47. The van der Waals surface area contributed by atoms with E-state index in [9.17, 15) is 4.79 Å². The number of carbonyl (C=O) groups is 1. The van der Waals surface area contributed by atoms with E-state index in [1.165, 1.54) is 6.33 Å². The average Bonchev–Trinajstić information content (AvgIpc) is 3.03. The van der Waals surface area contributed by atoms with Crippen molar-refractivity contribution in [1.29, 1.82) is 0 Å². The summed E-state index contributed by atoms with van der Waals surface area (Å²) < 4.78 is 12.4. The number of rotatable bonds is 9. The number of para-hydroxylation sites is 1. The Hall–Kier alpha value is -2.41. The van der Waals surface area contributed by atoms with Gasteiger partial charge >= 0.3 is 0 Å². The highest BCUT2D eigenvalue weighted by molar-refractivity contribution is 5.77. The molecule has 2 aromatic rings. The molecule has 21 heavy (non-hydrogen) atoms. The van der Waals surface area contributed by atoms with E-state index in [1.807, 2.05) is 18.2 Å². The van der Waals surface area contributed by atoms with Crippen LogP contribution in [0.25, 0.3) is 0 Å². The summed E-state index contributed by atoms with van der Waals surface area (Å²) >= 11 is 0. The first-order chi connectivity index (χ1) is 10.3. The van der Waals surface area contributed by atoms with E-state index in [-0.39, 0.29) is 12.5 Å². The fourth-order valence-electron chi connectivity index (χ4n) is 1.59. The van der Waals surface area contributed by atoms with Crippen molar-refractivity contribution in [3.05, 3.63) is 43.0 Å². The Morgan fingerprint density at radius 1 is 1.24 bits per heavy atom. The monoisotopic (exact) mass is 290 g/mol. The minimum Gasteiger partial charge on any atom is -0.484 e. The Morgan fingerprint density at radius 3 is 2.86 bits per heavy atom. The van der Waals surface area contributed by atoms with Gasteiger partial charge in [0.2, 0.25) is 0 Å². The molecule has 0 fully saturated rings. The van der Waals surface area contributed by atoms with Gasteiger partial charge in [-0.25, -0.2) is 4.98 Å². The van der Waals surface area contributed by atoms with Crippen molar-refractivity contribution in [2.75, 3.05) is 26.4 Å². The van der Waals surface area contributed by atoms with Crippen molar-refractivity contribution in [2.24, 2.45) is 0 Å². The number of hydrogen-bond acceptors (Lipinski definition) is 5. The highest BCUT2D eigenvalue weighted by Gasteiger charge is 2.01. The van der Waals surface area contributed by atoms with Gasteiger partial charge in [-0.1, -0.05) is 18.2 Å². The van der Waals surface area contributed by atoms with E-state index in [0.29, 0.717) is 32.1 Å². The summed E-state index contributed by atoms with van der Waals surface area (Å²) in [6.07, 6.45) is 3.11. The zero-order valence-corrected chi connectivity index (χ0v) is 11.6. The number of nitrogens with zero attached hydrogens (tertiary/aromatic N) is 3. The molecule has 1 N–H and O–H groups in total. The molecule has 0 aliphatic rings. The summed E-state index contributed by atoms with van der Waals surface area (Å²) in [5, 5.41) is 6.68. The normalized spacial score (nSPS) is 10.3. The Morgan fingerprint density at radius 2 is 2.10 bits per heavy atom. The quantitative estimate of drug-likeness (QED) is 0.680. The molecular formula is C14H18N4O3. The summed E-state index contributed by atoms with van der Waals surface area (Å²) in [4.78, 5) is 15.4. The number of benzene rings is 1. The lowest BCUT2D eigenvalue weighted by atomic mass is 10.3. The van der Waals surface area contributed by atoms with E-state index in [0.717, 1.165) is 0 Å². The summed E-state index contributed by atoms with van der Waals surface area (Å²) in [5.41, 5.74) is 0. The number of ether oxygens (including phenoxy) is 2. The molecule has 1 aromatic carbocycles. The summed E-state index contributed by atoms with van der Waals surface area (Å²) in [6.45, 7) is 2.08. The molecule has 0 aliphatic carbocycles. The standard InChI is InChI=1S/C14H18N4O3/c19-14(10-21-13-4-2-1-3-5-13)16-6-8-20-9-7-18-12-15-11-17-18/h1-5,11-12H,6-10H2,(H,16,19). The first-order valence-corrected chi connectivity index (χ1v) is 6.69. The number of amides is 1. The van der Waals surface area contributed by atoms with Gasteiger partial charge in [0, 0.05) is 6.54 Å². The highest BCUT2D eigenvalue weighted by Crippen LogP contribution is 2.07. The first kappa shape index (κ1) is 15.0. The van der Waals surface area contributed by atoms with E-state index in [4.69, 9.17) is 9.47 Å². The molecule has 112 valence electrons. The van der Waals surface area contributed by atoms with Gasteiger partial charge < -0.3 is 14.8 Å². The Kier molecular flexibility index (Phi) is 6.21. The van der Waals surface area contributed by atoms with Gasteiger partial charge in [0.15, 0.2) is 6.61 Å². The van der Waals surface area contributed by atoms with Crippen LogP contribution in [-0.4, -0.2) is 47.0 Å². The zero-order chi connectivity index (χ0) is 14.8. The molecule has 0 atom stereocenters. The van der Waals surface area contributed by atoms with Crippen LogP contribution in [0.3, 0.4) is 0 Å². The van der Waals surface area contributed by atoms with Crippen LogP contribution in [0.1, 0.15) is 0 Å². The van der Waals surface area contributed by atoms with Crippen LogP contribution in [0, 0.1) is 0 Å².